The number of aryl methyl sites for hydroxylation is 1. The third kappa shape index (κ3) is 3.34. The van der Waals surface area contributed by atoms with Gasteiger partial charge in [0.2, 0.25) is 0 Å². The zero-order valence-electron chi connectivity index (χ0n) is 10.5. The smallest absolute Gasteiger partial charge is 0.347 e. The van der Waals surface area contributed by atoms with Gasteiger partial charge in [-0.25, -0.2) is 9.78 Å². The summed E-state index contributed by atoms with van der Waals surface area (Å²) in [6.45, 7) is 1.87. The maximum Gasteiger partial charge on any atom is 0.347 e. The Kier molecular flexibility index (Phi) is 4.71. The molecule has 0 unspecified atom stereocenters. The third-order valence-corrected chi connectivity index (χ3v) is 4.64. The highest BCUT2D eigenvalue weighted by Crippen LogP contribution is 2.18. The molecule has 5 nitrogen and oxygen atoms in total. The summed E-state index contributed by atoms with van der Waals surface area (Å²) >= 11 is 3.18. The van der Waals surface area contributed by atoms with E-state index < -0.39 is 5.97 Å². The molecule has 1 aromatic carbocycles. The summed E-state index contributed by atoms with van der Waals surface area (Å²) < 4.78 is 0.865. The fourth-order valence-corrected chi connectivity index (χ4v) is 3.10. The highest BCUT2D eigenvalue weighted by atomic mass is 127. The van der Waals surface area contributed by atoms with Crippen molar-refractivity contribution in [3.8, 4) is 0 Å². The van der Waals surface area contributed by atoms with Gasteiger partial charge in [0.05, 0.1) is 17.8 Å². The SMILES string of the molecule is Cc1nc(CNC(=O)c2ccccc2I)sc1C(=O)O. The monoisotopic (exact) mass is 402 g/mol. The van der Waals surface area contributed by atoms with Gasteiger partial charge in [-0.2, -0.15) is 0 Å². The second-order valence-corrected chi connectivity index (χ2v) is 6.24. The normalized spacial score (nSPS) is 10.3. The van der Waals surface area contributed by atoms with Crippen LogP contribution in [0.15, 0.2) is 24.3 Å². The Morgan fingerprint density at radius 3 is 2.70 bits per heavy atom. The average Bonchev–Trinajstić information content (AvgIpc) is 2.78. The predicted octanol–water partition coefficient (Wildman–Crippen LogP) is 2.68. The minimum atomic E-state index is -0.991. The highest BCUT2D eigenvalue weighted by Gasteiger charge is 2.15. The number of rotatable bonds is 4. The molecule has 1 heterocycles. The van der Waals surface area contributed by atoms with E-state index in [1.165, 1.54) is 0 Å². The minimum absolute atomic E-state index is 0.195. The van der Waals surface area contributed by atoms with Gasteiger partial charge in [0.25, 0.3) is 5.91 Å². The van der Waals surface area contributed by atoms with Crippen molar-refractivity contribution in [1.29, 1.82) is 0 Å². The molecular formula is C13H11IN2O3S. The Bertz CT molecular complexity index is 669. The van der Waals surface area contributed by atoms with Crippen LogP contribution < -0.4 is 5.32 Å². The van der Waals surface area contributed by atoms with E-state index in [1.54, 1.807) is 19.1 Å². The number of carbonyl (C=O) groups excluding carboxylic acids is 1. The van der Waals surface area contributed by atoms with E-state index in [4.69, 9.17) is 5.11 Å². The molecule has 1 aromatic heterocycles. The molecule has 0 aliphatic heterocycles. The number of carboxylic acid groups (broad SMARTS) is 1. The Labute approximate surface area is 133 Å². The first kappa shape index (κ1) is 14.9. The van der Waals surface area contributed by atoms with Gasteiger partial charge in [-0.1, -0.05) is 12.1 Å². The fraction of sp³-hybridized carbons (Fsp3) is 0.154. The molecule has 20 heavy (non-hydrogen) atoms. The Morgan fingerprint density at radius 2 is 2.10 bits per heavy atom. The first-order valence-corrected chi connectivity index (χ1v) is 7.61. The average molecular weight is 402 g/mol. The molecule has 0 atom stereocenters. The van der Waals surface area contributed by atoms with Gasteiger partial charge in [0, 0.05) is 3.57 Å². The number of halogens is 1. The number of hydrogen-bond donors (Lipinski definition) is 2. The molecule has 104 valence electrons. The van der Waals surface area contributed by atoms with Crippen molar-refractivity contribution >= 4 is 45.8 Å². The third-order valence-electron chi connectivity index (χ3n) is 2.55. The Hall–Kier alpha value is -1.48. The summed E-state index contributed by atoms with van der Waals surface area (Å²) in [4.78, 5) is 27.3. The summed E-state index contributed by atoms with van der Waals surface area (Å²) in [5, 5.41) is 12.3. The highest BCUT2D eigenvalue weighted by molar-refractivity contribution is 14.1. The summed E-state index contributed by atoms with van der Waals surface area (Å²) in [6.07, 6.45) is 0. The van der Waals surface area contributed by atoms with Gasteiger partial charge < -0.3 is 10.4 Å². The summed E-state index contributed by atoms with van der Waals surface area (Å²) in [6, 6.07) is 7.26. The number of aromatic carboxylic acids is 1. The predicted molar refractivity (Wildman–Crippen MR) is 84.1 cm³/mol. The van der Waals surface area contributed by atoms with Crippen molar-refractivity contribution in [3.05, 3.63) is 49.0 Å². The number of nitrogens with zero attached hydrogens (tertiary/aromatic N) is 1. The van der Waals surface area contributed by atoms with Gasteiger partial charge in [-0.3, -0.25) is 4.79 Å². The molecule has 2 aromatic rings. The van der Waals surface area contributed by atoms with Crippen LogP contribution in [0.2, 0.25) is 0 Å². The lowest BCUT2D eigenvalue weighted by Gasteiger charge is -2.04. The van der Waals surface area contributed by atoms with Crippen LogP contribution in [0, 0.1) is 10.5 Å². The number of amides is 1. The quantitative estimate of drug-likeness (QED) is 0.771. The largest absolute Gasteiger partial charge is 0.477 e. The fourth-order valence-electron chi connectivity index (χ4n) is 1.62. The molecule has 0 bridgehead atoms. The minimum Gasteiger partial charge on any atom is -0.477 e. The molecule has 0 saturated heterocycles. The molecule has 2 rings (SSSR count). The summed E-state index contributed by atoms with van der Waals surface area (Å²) in [7, 11) is 0. The number of carbonyl (C=O) groups is 2. The van der Waals surface area contributed by atoms with Crippen molar-refractivity contribution < 1.29 is 14.7 Å². The first-order valence-electron chi connectivity index (χ1n) is 5.71. The van der Waals surface area contributed by atoms with E-state index >= 15 is 0 Å². The van der Waals surface area contributed by atoms with E-state index in [2.05, 4.69) is 32.9 Å². The number of carboxylic acids is 1. The van der Waals surface area contributed by atoms with E-state index in [0.29, 0.717) is 16.3 Å². The van der Waals surface area contributed by atoms with Crippen LogP contribution in [-0.4, -0.2) is 22.0 Å². The van der Waals surface area contributed by atoms with Crippen molar-refractivity contribution in [3.63, 3.8) is 0 Å². The van der Waals surface area contributed by atoms with Crippen LogP contribution in [0.3, 0.4) is 0 Å². The zero-order valence-corrected chi connectivity index (χ0v) is 13.5. The van der Waals surface area contributed by atoms with Crippen molar-refractivity contribution in [2.24, 2.45) is 0 Å². The van der Waals surface area contributed by atoms with Crippen molar-refractivity contribution in [2.45, 2.75) is 13.5 Å². The van der Waals surface area contributed by atoms with Gasteiger partial charge in [0.15, 0.2) is 0 Å². The molecule has 0 spiro atoms. The van der Waals surface area contributed by atoms with Crippen LogP contribution in [0.5, 0.6) is 0 Å². The van der Waals surface area contributed by atoms with Crippen LogP contribution in [0.25, 0.3) is 0 Å². The maximum atomic E-state index is 12.0. The second-order valence-electron chi connectivity index (χ2n) is 3.99. The lowest BCUT2D eigenvalue weighted by Crippen LogP contribution is -2.23. The van der Waals surface area contributed by atoms with Gasteiger partial charge in [0.1, 0.15) is 9.88 Å². The number of hydrogen-bond acceptors (Lipinski definition) is 4. The number of aromatic nitrogens is 1. The van der Waals surface area contributed by atoms with Crippen LogP contribution in [-0.2, 0) is 6.54 Å². The van der Waals surface area contributed by atoms with Crippen LogP contribution in [0.4, 0.5) is 0 Å². The van der Waals surface area contributed by atoms with E-state index in [0.717, 1.165) is 14.9 Å². The molecule has 2 N–H and O–H groups in total. The van der Waals surface area contributed by atoms with E-state index in [1.807, 2.05) is 12.1 Å². The maximum absolute atomic E-state index is 12.0. The standard InChI is InChI=1S/C13H11IN2O3S/c1-7-11(13(18)19)20-10(16-7)6-15-12(17)8-4-2-3-5-9(8)14/h2-5H,6H2,1H3,(H,15,17)(H,18,19). The topological polar surface area (TPSA) is 79.3 Å². The number of benzene rings is 1. The molecule has 0 radical (unpaired) electrons. The molecule has 0 aliphatic rings. The second kappa shape index (κ2) is 6.31. The van der Waals surface area contributed by atoms with Crippen molar-refractivity contribution in [1.82, 2.24) is 10.3 Å². The molecule has 0 aliphatic carbocycles. The lowest BCUT2D eigenvalue weighted by atomic mass is 10.2. The van der Waals surface area contributed by atoms with Crippen LogP contribution in [0.1, 0.15) is 30.7 Å². The molecular weight excluding hydrogens is 391 g/mol. The van der Waals surface area contributed by atoms with E-state index in [9.17, 15) is 9.59 Å². The number of nitrogens with one attached hydrogen (secondary N) is 1. The van der Waals surface area contributed by atoms with Crippen LogP contribution >= 0.6 is 33.9 Å². The lowest BCUT2D eigenvalue weighted by molar-refractivity contribution is 0.0701. The van der Waals surface area contributed by atoms with Gasteiger partial charge >= 0.3 is 5.97 Å². The summed E-state index contributed by atoms with van der Waals surface area (Å²) in [5.74, 6) is -1.19. The molecule has 0 fully saturated rings. The molecule has 7 heteroatoms. The van der Waals surface area contributed by atoms with Gasteiger partial charge in [-0.15, -0.1) is 11.3 Å². The van der Waals surface area contributed by atoms with Gasteiger partial charge in [-0.05, 0) is 41.6 Å². The Balaban J connectivity index is 2.06. The zero-order chi connectivity index (χ0) is 14.7. The summed E-state index contributed by atoms with van der Waals surface area (Å²) in [5.41, 5.74) is 1.07. The molecule has 1 amide bonds. The number of thiazole rings is 1. The first-order chi connectivity index (χ1) is 9.49. The Morgan fingerprint density at radius 1 is 1.40 bits per heavy atom. The van der Waals surface area contributed by atoms with Crippen molar-refractivity contribution in [2.75, 3.05) is 0 Å². The van der Waals surface area contributed by atoms with E-state index in [-0.39, 0.29) is 17.3 Å². The molecule has 0 saturated carbocycles.